The molecule has 4 heteroatoms. The fourth-order valence-electron chi connectivity index (χ4n) is 3.65. The number of ether oxygens (including phenoxy) is 1. The van der Waals surface area contributed by atoms with E-state index in [1.165, 1.54) is 25.7 Å². The fraction of sp³-hybridized carbons (Fsp3) is 1.00. The average molecular weight is 284 g/mol. The molecule has 2 aliphatic rings. The predicted octanol–water partition coefficient (Wildman–Crippen LogP) is 1.77. The van der Waals surface area contributed by atoms with Gasteiger partial charge in [0.25, 0.3) is 0 Å². The van der Waals surface area contributed by atoms with Crippen LogP contribution in [0.1, 0.15) is 51.9 Å². The maximum absolute atomic E-state index is 9.76. The zero-order valence-corrected chi connectivity index (χ0v) is 13.2. The second kappa shape index (κ2) is 7.74. The van der Waals surface area contributed by atoms with Crippen molar-refractivity contribution in [2.24, 2.45) is 0 Å². The topological polar surface area (TPSA) is 44.7 Å². The summed E-state index contributed by atoms with van der Waals surface area (Å²) in [6, 6.07) is 0.581. The average Bonchev–Trinajstić information content (AvgIpc) is 2.91. The van der Waals surface area contributed by atoms with E-state index in [4.69, 9.17) is 4.74 Å². The Kier molecular flexibility index (Phi) is 6.27. The molecule has 20 heavy (non-hydrogen) atoms. The summed E-state index contributed by atoms with van der Waals surface area (Å²) in [5.41, 5.74) is -0.0393. The summed E-state index contributed by atoms with van der Waals surface area (Å²) in [6.07, 6.45) is 8.60. The molecule has 2 rings (SSSR count). The molecule has 1 aliphatic carbocycles. The van der Waals surface area contributed by atoms with Crippen LogP contribution in [0, 0.1) is 0 Å². The number of rotatable bonds is 7. The molecule has 3 unspecified atom stereocenters. The molecular weight excluding hydrogens is 252 g/mol. The second-order valence-corrected chi connectivity index (χ2v) is 6.69. The van der Waals surface area contributed by atoms with Crippen LogP contribution >= 0.6 is 0 Å². The van der Waals surface area contributed by atoms with E-state index < -0.39 is 0 Å². The summed E-state index contributed by atoms with van der Waals surface area (Å²) in [7, 11) is 2.22. The van der Waals surface area contributed by atoms with Crippen molar-refractivity contribution in [3.05, 3.63) is 0 Å². The Hall–Kier alpha value is -0.160. The van der Waals surface area contributed by atoms with Crippen molar-refractivity contribution in [1.82, 2.24) is 10.2 Å². The molecule has 0 spiro atoms. The standard InChI is InChI=1S/C16H32N2O2/c1-3-9-17-16(13-19)8-7-14(11-16)18(2)12-15-6-4-5-10-20-15/h14-15,17,19H,3-13H2,1-2H3. The van der Waals surface area contributed by atoms with Gasteiger partial charge in [0, 0.05) is 24.7 Å². The quantitative estimate of drug-likeness (QED) is 0.748. The first-order valence-corrected chi connectivity index (χ1v) is 8.37. The zero-order chi connectivity index (χ0) is 14.4. The fourth-order valence-corrected chi connectivity index (χ4v) is 3.65. The van der Waals surface area contributed by atoms with Crippen molar-refractivity contribution >= 4 is 0 Å². The van der Waals surface area contributed by atoms with E-state index in [1.807, 2.05) is 0 Å². The highest BCUT2D eigenvalue weighted by Crippen LogP contribution is 2.33. The molecule has 2 N–H and O–H groups in total. The molecular formula is C16H32N2O2. The minimum absolute atomic E-state index is 0.0393. The van der Waals surface area contributed by atoms with E-state index in [2.05, 4.69) is 24.2 Å². The van der Waals surface area contributed by atoms with Crippen molar-refractivity contribution in [1.29, 1.82) is 0 Å². The molecule has 1 saturated carbocycles. The van der Waals surface area contributed by atoms with Crippen molar-refractivity contribution in [3.8, 4) is 0 Å². The van der Waals surface area contributed by atoms with Crippen molar-refractivity contribution < 1.29 is 9.84 Å². The van der Waals surface area contributed by atoms with Gasteiger partial charge in [0.05, 0.1) is 12.7 Å². The molecule has 0 aromatic heterocycles. The minimum atomic E-state index is -0.0393. The Morgan fingerprint density at radius 2 is 2.20 bits per heavy atom. The number of hydrogen-bond donors (Lipinski definition) is 2. The molecule has 118 valence electrons. The van der Waals surface area contributed by atoms with Gasteiger partial charge in [-0.25, -0.2) is 0 Å². The summed E-state index contributed by atoms with van der Waals surface area (Å²) in [5.74, 6) is 0. The molecule has 1 heterocycles. The third kappa shape index (κ3) is 4.17. The summed E-state index contributed by atoms with van der Waals surface area (Å²) >= 11 is 0. The van der Waals surface area contributed by atoms with Gasteiger partial charge in [0.2, 0.25) is 0 Å². The van der Waals surface area contributed by atoms with Gasteiger partial charge in [-0.3, -0.25) is 0 Å². The van der Waals surface area contributed by atoms with Gasteiger partial charge >= 0.3 is 0 Å². The van der Waals surface area contributed by atoms with E-state index in [9.17, 15) is 5.11 Å². The van der Waals surface area contributed by atoms with Crippen LogP contribution in [0.25, 0.3) is 0 Å². The van der Waals surface area contributed by atoms with E-state index in [0.717, 1.165) is 39.0 Å². The number of likely N-dealkylation sites (N-methyl/N-ethyl adjacent to an activating group) is 1. The predicted molar refractivity (Wildman–Crippen MR) is 82.0 cm³/mol. The van der Waals surface area contributed by atoms with E-state index in [-0.39, 0.29) is 12.1 Å². The lowest BCUT2D eigenvalue weighted by atomic mass is 9.98. The lowest BCUT2D eigenvalue weighted by Crippen LogP contribution is -2.48. The first kappa shape index (κ1) is 16.2. The van der Waals surface area contributed by atoms with Gasteiger partial charge in [-0.2, -0.15) is 0 Å². The van der Waals surface area contributed by atoms with Gasteiger partial charge in [0.1, 0.15) is 0 Å². The molecule has 0 bridgehead atoms. The molecule has 0 amide bonds. The van der Waals surface area contributed by atoms with Crippen LogP contribution in [-0.2, 0) is 4.74 Å². The Morgan fingerprint density at radius 1 is 1.35 bits per heavy atom. The Labute approximate surface area is 123 Å². The molecule has 2 fully saturated rings. The lowest BCUT2D eigenvalue weighted by molar-refractivity contribution is -0.00852. The number of nitrogens with zero attached hydrogens (tertiary/aromatic N) is 1. The minimum Gasteiger partial charge on any atom is -0.394 e. The van der Waals surface area contributed by atoms with Crippen molar-refractivity contribution in [2.75, 3.05) is 33.4 Å². The maximum Gasteiger partial charge on any atom is 0.0702 e. The van der Waals surface area contributed by atoms with Gasteiger partial charge < -0.3 is 20.1 Å². The molecule has 1 aliphatic heterocycles. The molecule has 0 radical (unpaired) electrons. The van der Waals surface area contributed by atoms with Gasteiger partial charge in [-0.1, -0.05) is 6.92 Å². The number of aliphatic hydroxyl groups is 1. The van der Waals surface area contributed by atoms with Gasteiger partial charge in [-0.15, -0.1) is 0 Å². The van der Waals surface area contributed by atoms with Crippen LogP contribution in [0.5, 0.6) is 0 Å². The van der Waals surface area contributed by atoms with Crippen LogP contribution in [0.2, 0.25) is 0 Å². The molecule has 4 nitrogen and oxygen atoms in total. The van der Waals surface area contributed by atoms with E-state index in [0.29, 0.717) is 12.1 Å². The van der Waals surface area contributed by atoms with E-state index in [1.54, 1.807) is 0 Å². The highest BCUT2D eigenvalue weighted by Gasteiger charge is 2.39. The lowest BCUT2D eigenvalue weighted by Gasteiger charge is -2.33. The second-order valence-electron chi connectivity index (χ2n) is 6.69. The van der Waals surface area contributed by atoms with Crippen LogP contribution in [0.4, 0.5) is 0 Å². The Morgan fingerprint density at radius 3 is 2.85 bits per heavy atom. The highest BCUT2D eigenvalue weighted by atomic mass is 16.5. The van der Waals surface area contributed by atoms with Gasteiger partial charge in [0.15, 0.2) is 0 Å². The molecule has 0 aromatic carbocycles. The van der Waals surface area contributed by atoms with Crippen LogP contribution < -0.4 is 5.32 Å². The van der Waals surface area contributed by atoms with Crippen LogP contribution in [-0.4, -0.2) is 61.0 Å². The van der Waals surface area contributed by atoms with E-state index >= 15 is 0 Å². The normalized spacial score (nSPS) is 34.8. The third-order valence-corrected chi connectivity index (χ3v) is 5.02. The van der Waals surface area contributed by atoms with Crippen LogP contribution in [0.3, 0.4) is 0 Å². The SMILES string of the molecule is CCCNC1(CO)CCC(N(C)CC2CCCCO2)C1. The monoisotopic (exact) mass is 284 g/mol. The smallest absolute Gasteiger partial charge is 0.0702 e. The molecule has 1 saturated heterocycles. The largest absolute Gasteiger partial charge is 0.394 e. The summed E-state index contributed by atoms with van der Waals surface area (Å²) in [6.45, 7) is 5.42. The third-order valence-electron chi connectivity index (χ3n) is 5.02. The first-order chi connectivity index (χ1) is 9.69. The zero-order valence-electron chi connectivity index (χ0n) is 13.2. The Bertz CT molecular complexity index is 282. The first-order valence-electron chi connectivity index (χ1n) is 8.37. The molecule has 3 atom stereocenters. The van der Waals surface area contributed by atoms with Crippen LogP contribution in [0.15, 0.2) is 0 Å². The summed E-state index contributed by atoms with van der Waals surface area (Å²) in [5, 5.41) is 13.3. The number of hydrogen-bond acceptors (Lipinski definition) is 4. The van der Waals surface area contributed by atoms with Gasteiger partial charge in [-0.05, 0) is 58.5 Å². The number of aliphatic hydroxyl groups excluding tert-OH is 1. The maximum atomic E-state index is 9.76. The van der Waals surface area contributed by atoms with Crippen molar-refractivity contribution in [3.63, 3.8) is 0 Å². The van der Waals surface area contributed by atoms with Crippen molar-refractivity contribution in [2.45, 2.75) is 69.6 Å². The summed E-state index contributed by atoms with van der Waals surface area (Å²) in [4.78, 5) is 2.46. The number of nitrogens with one attached hydrogen (secondary N) is 1. The highest BCUT2D eigenvalue weighted by molar-refractivity contribution is 4.99. The Balaban J connectivity index is 1.80. The summed E-state index contributed by atoms with van der Waals surface area (Å²) < 4.78 is 5.84. The molecule has 0 aromatic rings.